The second kappa shape index (κ2) is 25.7. The molecular weight excluding hydrogens is 937 g/mol. The van der Waals surface area contributed by atoms with Gasteiger partial charge in [0.1, 0.15) is 0 Å². The molecule has 0 radical (unpaired) electrons. The molecule has 0 fully saturated rings. The zero-order valence-corrected chi connectivity index (χ0v) is 44.7. The Morgan fingerprint density at radius 1 is 0.528 bits per heavy atom. The Balaban J connectivity index is 0.000000482. The lowest BCUT2D eigenvalue weighted by atomic mass is 9.82. The van der Waals surface area contributed by atoms with E-state index in [4.69, 9.17) is 19.9 Å². The van der Waals surface area contributed by atoms with Gasteiger partial charge in [0, 0.05) is 74.6 Å². The molecule has 72 heavy (non-hydrogen) atoms. The van der Waals surface area contributed by atoms with E-state index in [-0.39, 0.29) is 103 Å². The van der Waals surface area contributed by atoms with Crippen LogP contribution in [0, 0.1) is 30.3 Å². The lowest BCUT2D eigenvalue weighted by Crippen LogP contribution is -2.27. The van der Waals surface area contributed by atoms with Crippen molar-refractivity contribution >= 4 is 46.4 Å². The van der Waals surface area contributed by atoms with Crippen LogP contribution in [0.1, 0.15) is 119 Å². The van der Waals surface area contributed by atoms with Gasteiger partial charge in [-0.15, -0.1) is 0 Å². The minimum absolute atomic E-state index is 0.00815. The maximum Gasteiger partial charge on any atom is 0.311 e. The van der Waals surface area contributed by atoms with Crippen molar-refractivity contribution in [3.8, 4) is 23.0 Å². The Kier molecular flexibility index (Phi) is 22.1. The first kappa shape index (κ1) is 62.0. The minimum atomic E-state index is -0.578. The third-order valence-corrected chi connectivity index (χ3v) is 10.4. The molecular formula is C50H70N8O14. The van der Waals surface area contributed by atoms with Crippen LogP contribution in [0.4, 0.5) is 22.7 Å². The quantitative estimate of drug-likeness (QED) is 0.0618. The van der Waals surface area contributed by atoms with Gasteiger partial charge < -0.3 is 44.7 Å². The van der Waals surface area contributed by atoms with Crippen LogP contribution < -0.4 is 19.9 Å². The molecule has 0 aromatic heterocycles. The van der Waals surface area contributed by atoms with E-state index < -0.39 is 14.8 Å². The van der Waals surface area contributed by atoms with Crippen LogP contribution in [0.2, 0.25) is 0 Å². The number of anilines is 1. The summed E-state index contributed by atoms with van der Waals surface area (Å²) in [4.78, 5) is 85.1. The molecule has 4 rings (SSSR count). The van der Waals surface area contributed by atoms with Gasteiger partial charge in [0.15, 0.2) is 5.75 Å². The third-order valence-electron chi connectivity index (χ3n) is 10.4. The Morgan fingerprint density at radius 3 is 1.25 bits per heavy atom. The summed E-state index contributed by atoms with van der Waals surface area (Å²) in [5, 5.41) is 42.8. The van der Waals surface area contributed by atoms with Crippen LogP contribution in [0.3, 0.4) is 0 Å². The molecule has 0 bridgehead atoms. The molecule has 0 heterocycles. The van der Waals surface area contributed by atoms with Crippen LogP contribution in [0.15, 0.2) is 54.6 Å². The fourth-order valence-electron chi connectivity index (χ4n) is 6.81. The van der Waals surface area contributed by atoms with Crippen molar-refractivity contribution in [3.63, 3.8) is 0 Å². The number of benzene rings is 4. The van der Waals surface area contributed by atoms with Gasteiger partial charge in [0.05, 0.1) is 64.0 Å². The summed E-state index contributed by atoms with van der Waals surface area (Å²) >= 11 is 0. The normalized spacial score (nSPS) is 10.7. The number of phenols is 1. The van der Waals surface area contributed by atoms with Gasteiger partial charge in [-0.2, -0.15) is 0 Å². The van der Waals surface area contributed by atoms with Gasteiger partial charge in [-0.1, -0.05) is 79.7 Å². The van der Waals surface area contributed by atoms with Crippen molar-refractivity contribution in [3.05, 3.63) is 124 Å². The molecule has 22 nitrogen and oxygen atoms in total. The Morgan fingerprint density at radius 2 is 0.875 bits per heavy atom. The monoisotopic (exact) mass is 1010 g/mol. The lowest BCUT2D eigenvalue weighted by Gasteiger charge is -2.25. The van der Waals surface area contributed by atoms with E-state index in [1.807, 2.05) is 55.4 Å². The summed E-state index contributed by atoms with van der Waals surface area (Å²) in [6.45, 7) is 15.7. The van der Waals surface area contributed by atoms with Crippen molar-refractivity contribution < 1.29 is 53.3 Å². The number of methoxy groups -OCH3 is 3. The second-order valence-corrected chi connectivity index (χ2v) is 19.1. The number of nitrogen functional groups attached to an aromatic ring is 1. The van der Waals surface area contributed by atoms with E-state index in [0.29, 0.717) is 5.56 Å². The predicted octanol–water partition coefficient (Wildman–Crippen LogP) is 8.31. The highest BCUT2D eigenvalue weighted by molar-refractivity contribution is 6.01. The molecule has 4 aromatic carbocycles. The number of rotatable bonds is 11. The summed E-state index contributed by atoms with van der Waals surface area (Å²) in [5.74, 6) is -1.22. The smallest absolute Gasteiger partial charge is 0.311 e. The fourth-order valence-corrected chi connectivity index (χ4v) is 6.81. The number of amides is 4. The molecule has 3 N–H and O–H groups in total. The maximum atomic E-state index is 12.4. The molecule has 0 saturated carbocycles. The largest absolute Gasteiger partial charge is 0.505 e. The first-order valence-electron chi connectivity index (χ1n) is 22.1. The zero-order valence-electron chi connectivity index (χ0n) is 44.7. The number of nitro groups is 3. The number of carbonyl (C=O) groups is 4. The molecule has 0 spiro atoms. The van der Waals surface area contributed by atoms with Gasteiger partial charge >= 0.3 is 17.1 Å². The molecule has 0 aliphatic rings. The lowest BCUT2D eigenvalue weighted by molar-refractivity contribution is -0.385. The molecule has 0 saturated heterocycles. The second-order valence-electron chi connectivity index (χ2n) is 19.1. The number of ether oxygens (including phenoxy) is 3. The van der Waals surface area contributed by atoms with Gasteiger partial charge in [-0.3, -0.25) is 49.5 Å². The molecule has 22 heteroatoms. The molecule has 4 amide bonds. The zero-order chi connectivity index (χ0) is 56.1. The molecule has 0 atom stereocenters. The van der Waals surface area contributed by atoms with Gasteiger partial charge in [0.25, 0.3) is 23.6 Å². The van der Waals surface area contributed by atoms with Crippen molar-refractivity contribution in [1.29, 1.82) is 0 Å². The standard InChI is InChI=1S/C14H20N2O4.C13H18N2O4.C13H20N2O2.C10H12N2O4/c1-14(2,3)9-7-8-10(16(18)19)12(20-6)11(9)13(17)15(4)5;1-8(2)9-6-7-10(15(17)18)12(19-5)11(9)13(16)14(3)4;1-13(2,3)8-6-7-9(14)11(16)10(8)12(17)15(4)5;1-11(2)10(13)7-5-4-6-8(12(14)15)9(7)16-3/h7-8H,1-6H3;6-8H,1-5H3;6-7,16H,14H2,1-5H3;4-6H,1-3H3. The Labute approximate surface area is 420 Å². The number of nitrogens with two attached hydrogens (primary N) is 1. The third kappa shape index (κ3) is 15.2. The first-order chi connectivity index (χ1) is 33.1. The predicted molar refractivity (Wildman–Crippen MR) is 275 cm³/mol. The topological polar surface area (TPSA) is 285 Å². The number of para-hydroxylation sites is 1. The summed E-state index contributed by atoms with van der Waals surface area (Å²) in [7, 11) is 16.8. The summed E-state index contributed by atoms with van der Waals surface area (Å²) in [5.41, 5.74) is 7.94. The molecule has 4 aromatic rings. The van der Waals surface area contributed by atoms with Crippen molar-refractivity contribution in [1.82, 2.24) is 19.6 Å². The van der Waals surface area contributed by atoms with Crippen molar-refractivity contribution in [2.45, 2.75) is 72.1 Å². The first-order valence-corrected chi connectivity index (χ1v) is 22.1. The van der Waals surface area contributed by atoms with Crippen LogP contribution >= 0.6 is 0 Å². The maximum absolute atomic E-state index is 12.4. The Bertz CT molecular complexity index is 2650. The van der Waals surface area contributed by atoms with Gasteiger partial charge in [-0.05, 0) is 45.6 Å². The highest BCUT2D eigenvalue weighted by atomic mass is 16.6. The average molecular weight is 1010 g/mol. The van der Waals surface area contributed by atoms with E-state index >= 15 is 0 Å². The average Bonchev–Trinajstić information content (AvgIpc) is 3.29. The SMILES string of the molecule is CN(C)C(=O)c1c(C(C)(C)C)ccc(N)c1O.COc1c(C(=O)N(C)C)cccc1[N+](=O)[O-].COc1c([N+](=O)[O-])ccc(C(C)(C)C)c1C(=O)N(C)C.COc1c([N+](=O)[O-])ccc(C(C)C)c1C(=O)N(C)C. The van der Waals surface area contributed by atoms with Crippen LogP contribution in [-0.4, -0.2) is 141 Å². The number of phenolic OH excluding ortho intramolecular Hbond substituents is 1. The van der Waals surface area contributed by atoms with E-state index in [0.717, 1.165) is 16.7 Å². The fraction of sp³-hybridized carbons (Fsp3) is 0.440. The number of hydrogen-bond donors (Lipinski definition) is 2. The van der Waals surface area contributed by atoms with E-state index in [1.54, 1.807) is 80.6 Å². The van der Waals surface area contributed by atoms with Gasteiger partial charge in [0.2, 0.25) is 17.2 Å². The van der Waals surface area contributed by atoms with Crippen LogP contribution in [0.25, 0.3) is 0 Å². The van der Waals surface area contributed by atoms with Crippen LogP contribution in [0.5, 0.6) is 23.0 Å². The number of nitrogens with zero attached hydrogens (tertiary/aromatic N) is 7. The molecule has 0 aliphatic heterocycles. The number of nitro benzene ring substituents is 3. The van der Waals surface area contributed by atoms with Crippen molar-refractivity contribution in [2.24, 2.45) is 0 Å². The highest BCUT2D eigenvalue weighted by Crippen LogP contribution is 2.40. The number of aromatic hydroxyl groups is 1. The molecule has 0 aliphatic carbocycles. The van der Waals surface area contributed by atoms with E-state index in [9.17, 15) is 54.6 Å². The summed E-state index contributed by atoms with van der Waals surface area (Å²) < 4.78 is 15.2. The van der Waals surface area contributed by atoms with E-state index in [2.05, 4.69) is 0 Å². The number of carbonyl (C=O) groups excluding carboxylic acids is 4. The van der Waals surface area contributed by atoms with E-state index in [1.165, 1.54) is 71.3 Å². The molecule has 394 valence electrons. The summed E-state index contributed by atoms with van der Waals surface area (Å²) in [6.07, 6.45) is 0. The molecule has 0 unspecified atom stereocenters. The summed E-state index contributed by atoms with van der Waals surface area (Å²) in [6, 6.07) is 13.7. The van der Waals surface area contributed by atoms with Crippen molar-refractivity contribution in [2.75, 3.05) is 83.4 Å². The highest BCUT2D eigenvalue weighted by Gasteiger charge is 2.33. The minimum Gasteiger partial charge on any atom is -0.505 e. The van der Waals surface area contributed by atoms with Crippen LogP contribution in [-0.2, 0) is 10.8 Å². The number of hydrogen-bond acceptors (Lipinski definition) is 15. The Hall–Kier alpha value is -8.04. The van der Waals surface area contributed by atoms with Gasteiger partial charge in [-0.25, -0.2) is 0 Å².